The van der Waals surface area contributed by atoms with Crippen molar-refractivity contribution in [1.29, 1.82) is 0 Å². The summed E-state index contributed by atoms with van der Waals surface area (Å²) in [7, 11) is 1.08. The molecule has 0 radical (unpaired) electrons. The van der Waals surface area contributed by atoms with Crippen molar-refractivity contribution in [3.63, 3.8) is 0 Å². The molecule has 0 fully saturated rings. The Morgan fingerprint density at radius 2 is 1.95 bits per heavy atom. The number of thiazole rings is 1. The van der Waals surface area contributed by atoms with Gasteiger partial charge in [0.1, 0.15) is 5.56 Å². The number of alkyl halides is 3. The van der Waals surface area contributed by atoms with Gasteiger partial charge in [-0.1, -0.05) is 30.0 Å². The van der Waals surface area contributed by atoms with Gasteiger partial charge in [-0.25, -0.2) is 9.59 Å². The Balaban J connectivity index is 1.78. The van der Waals surface area contributed by atoms with Gasteiger partial charge in [-0.2, -0.15) is 13.2 Å². The lowest BCUT2D eigenvalue weighted by molar-refractivity contribution is -0.138. The molecule has 1 atom stereocenters. The maximum Gasteiger partial charge on any atom is 0.416 e. The highest BCUT2D eigenvalue weighted by Crippen LogP contribution is 2.40. The third-order valence-electron chi connectivity index (χ3n) is 6.68. The Morgan fingerprint density at radius 3 is 2.63 bits per heavy atom. The van der Waals surface area contributed by atoms with E-state index < -0.39 is 40.6 Å². The van der Waals surface area contributed by atoms with E-state index in [4.69, 9.17) is 4.74 Å². The minimum Gasteiger partial charge on any atom is -0.465 e. The van der Waals surface area contributed by atoms with Gasteiger partial charge in [0.25, 0.3) is 5.56 Å². The summed E-state index contributed by atoms with van der Waals surface area (Å²) in [5.74, 6) is -0.999. The lowest BCUT2D eigenvalue weighted by Gasteiger charge is -2.29. The van der Waals surface area contributed by atoms with Gasteiger partial charge < -0.3 is 4.74 Å². The van der Waals surface area contributed by atoms with Gasteiger partial charge in [-0.3, -0.25) is 23.3 Å². The summed E-state index contributed by atoms with van der Waals surface area (Å²) in [6.45, 7) is 3.62. The standard InChI is InChI=1S/C26H20F3N3O5S/c1-3-30-20-11-10-14(12-21(20)38-25(30)36)31-13-17(23(34)37-2)22(33)32(24(31)35)19-9-5-6-15-16(19)7-4-8-18(15)26(27,28)29/h3-4,7-8,10-13,19H,1,5-6,9H2,2H3. The predicted octanol–water partition coefficient (Wildman–Crippen LogP) is 4.21. The predicted molar refractivity (Wildman–Crippen MR) is 136 cm³/mol. The van der Waals surface area contributed by atoms with Crippen LogP contribution in [-0.2, 0) is 17.3 Å². The number of ether oxygens (including phenoxy) is 1. The van der Waals surface area contributed by atoms with E-state index in [2.05, 4.69) is 6.58 Å². The second-order valence-corrected chi connectivity index (χ2v) is 9.71. The van der Waals surface area contributed by atoms with E-state index in [9.17, 15) is 32.3 Å². The van der Waals surface area contributed by atoms with E-state index in [-0.39, 0.29) is 34.5 Å². The molecule has 0 amide bonds. The van der Waals surface area contributed by atoms with Crippen molar-refractivity contribution in [3.8, 4) is 5.69 Å². The summed E-state index contributed by atoms with van der Waals surface area (Å²) in [5.41, 5.74) is -2.05. The van der Waals surface area contributed by atoms with Crippen molar-refractivity contribution >= 4 is 33.7 Å². The first-order valence-electron chi connectivity index (χ1n) is 11.5. The maximum absolute atomic E-state index is 13.8. The first kappa shape index (κ1) is 25.5. The Hall–Kier alpha value is -4.19. The highest BCUT2D eigenvalue weighted by molar-refractivity contribution is 7.16. The molecule has 2 heterocycles. The first-order valence-corrected chi connectivity index (χ1v) is 12.3. The Labute approximate surface area is 216 Å². The number of methoxy groups -OCH3 is 1. The molecule has 1 aliphatic rings. The molecule has 8 nitrogen and oxygen atoms in total. The zero-order chi connectivity index (χ0) is 27.4. The minimum absolute atomic E-state index is 0.0227. The number of halogens is 3. The summed E-state index contributed by atoms with van der Waals surface area (Å²) in [5, 5.41) is 0. The fourth-order valence-electron chi connectivity index (χ4n) is 4.99. The van der Waals surface area contributed by atoms with Crippen LogP contribution >= 0.6 is 11.3 Å². The molecule has 1 unspecified atom stereocenters. The van der Waals surface area contributed by atoms with Crippen LogP contribution < -0.4 is 16.1 Å². The Kier molecular flexibility index (Phi) is 6.22. The van der Waals surface area contributed by atoms with Gasteiger partial charge in [-0.05, 0) is 54.7 Å². The number of fused-ring (bicyclic) bond motifs is 2. The van der Waals surface area contributed by atoms with E-state index in [1.165, 1.54) is 29.0 Å². The molecular weight excluding hydrogens is 523 g/mol. The highest BCUT2D eigenvalue weighted by atomic mass is 32.1. The molecule has 0 spiro atoms. The number of carbonyl (C=O) groups excluding carboxylic acids is 1. The van der Waals surface area contributed by atoms with Crippen molar-refractivity contribution in [1.82, 2.24) is 13.7 Å². The normalized spacial score (nSPS) is 15.3. The van der Waals surface area contributed by atoms with Gasteiger partial charge in [0.2, 0.25) is 0 Å². The Bertz CT molecular complexity index is 1800. The molecule has 0 aliphatic heterocycles. The fourth-order valence-corrected chi connectivity index (χ4v) is 5.90. The number of carbonyl (C=O) groups is 1. The van der Waals surface area contributed by atoms with Gasteiger partial charge in [-0.15, -0.1) is 0 Å². The molecule has 2 aromatic carbocycles. The summed E-state index contributed by atoms with van der Waals surface area (Å²) < 4.78 is 49.7. The summed E-state index contributed by atoms with van der Waals surface area (Å²) in [6.07, 6.45) is -1.54. The van der Waals surface area contributed by atoms with Crippen LogP contribution in [0.4, 0.5) is 13.2 Å². The number of rotatable bonds is 4. The van der Waals surface area contributed by atoms with Crippen LogP contribution in [0.15, 0.2) is 63.6 Å². The molecule has 2 aromatic heterocycles. The van der Waals surface area contributed by atoms with Gasteiger partial charge in [0, 0.05) is 12.4 Å². The molecule has 196 valence electrons. The first-order chi connectivity index (χ1) is 18.1. The van der Waals surface area contributed by atoms with Crippen LogP contribution in [0.2, 0.25) is 0 Å². The molecule has 0 saturated heterocycles. The SMILES string of the molecule is C=Cn1c(=O)sc2cc(-n3cc(C(=O)OC)c(=O)n(C4CCCc5c4cccc5C(F)(F)F)c3=O)ccc21. The number of aromatic nitrogens is 3. The number of benzene rings is 2. The summed E-state index contributed by atoms with van der Waals surface area (Å²) in [4.78, 5) is 51.7. The monoisotopic (exact) mass is 543 g/mol. The minimum atomic E-state index is -4.61. The van der Waals surface area contributed by atoms with E-state index in [1.54, 1.807) is 12.1 Å². The molecule has 38 heavy (non-hydrogen) atoms. The molecular formula is C26H20F3N3O5S. The van der Waals surface area contributed by atoms with Gasteiger partial charge >= 0.3 is 22.7 Å². The van der Waals surface area contributed by atoms with Crippen LogP contribution in [0.5, 0.6) is 0 Å². The molecule has 5 rings (SSSR count). The largest absolute Gasteiger partial charge is 0.465 e. The summed E-state index contributed by atoms with van der Waals surface area (Å²) >= 11 is 0.917. The van der Waals surface area contributed by atoms with E-state index in [0.717, 1.165) is 39.8 Å². The topological polar surface area (TPSA) is 92.3 Å². The fraction of sp³-hybridized carbons (Fsp3) is 0.231. The maximum atomic E-state index is 13.8. The number of hydrogen-bond acceptors (Lipinski definition) is 6. The van der Waals surface area contributed by atoms with Crippen LogP contribution in [0.3, 0.4) is 0 Å². The lowest BCUT2D eigenvalue weighted by Crippen LogP contribution is -2.45. The molecule has 12 heteroatoms. The van der Waals surface area contributed by atoms with E-state index in [0.29, 0.717) is 16.6 Å². The van der Waals surface area contributed by atoms with Crippen LogP contribution in [0, 0.1) is 0 Å². The average molecular weight is 544 g/mol. The van der Waals surface area contributed by atoms with Crippen molar-refractivity contribution in [2.24, 2.45) is 0 Å². The van der Waals surface area contributed by atoms with Crippen molar-refractivity contribution < 1.29 is 22.7 Å². The van der Waals surface area contributed by atoms with E-state index in [1.807, 2.05) is 0 Å². The third-order valence-corrected chi connectivity index (χ3v) is 7.59. The van der Waals surface area contributed by atoms with Crippen LogP contribution in [0.25, 0.3) is 22.1 Å². The van der Waals surface area contributed by atoms with Gasteiger partial charge in [0.05, 0.1) is 34.6 Å². The zero-order valence-electron chi connectivity index (χ0n) is 19.9. The smallest absolute Gasteiger partial charge is 0.416 e. The van der Waals surface area contributed by atoms with Crippen molar-refractivity contribution in [3.05, 3.63) is 102 Å². The quantitative estimate of drug-likeness (QED) is 0.360. The molecule has 4 aromatic rings. The van der Waals surface area contributed by atoms with Crippen LogP contribution in [0.1, 0.15) is 45.9 Å². The van der Waals surface area contributed by atoms with Crippen LogP contribution in [-0.4, -0.2) is 26.8 Å². The lowest BCUT2D eigenvalue weighted by atomic mass is 9.84. The number of nitrogens with zero attached hydrogens (tertiary/aromatic N) is 3. The number of hydrogen-bond donors (Lipinski definition) is 0. The van der Waals surface area contributed by atoms with Crippen molar-refractivity contribution in [2.75, 3.05) is 7.11 Å². The number of esters is 1. The van der Waals surface area contributed by atoms with E-state index >= 15 is 0 Å². The zero-order valence-corrected chi connectivity index (χ0v) is 20.8. The second kappa shape index (κ2) is 9.28. The highest BCUT2D eigenvalue weighted by Gasteiger charge is 2.37. The van der Waals surface area contributed by atoms with Gasteiger partial charge in [0.15, 0.2) is 0 Å². The molecule has 0 saturated carbocycles. The second-order valence-electron chi connectivity index (χ2n) is 8.71. The Morgan fingerprint density at radius 1 is 1.18 bits per heavy atom. The molecule has 1 aliphatic carbocycles. The molecule has 0 bridgehead atoms. The summed E-state index contributed by atoms with van der Waals surface area (Å²) in [6, 6.07) is 7.33. The average Bonchev–Trinajstić information content (AvgIpc) is 3.21. The van der Waals surface area contributed by atoms with Crippen molar-refractivity contribution in [2.45, 2.75) is 31.5 Å². The molecule has 0 N–H and O–H groups in total. The third kappa shape index (κ3) is 4.01.